The molecule has 9 heteroatoms. The maximum absolute atomic E-state index is 14.3. The van der Waals surface area contributed by atoms with E-state index >= 15 is 0 Å². The highest BCUT2D eigenvalue weighted by molar-refractivity contribution is 7.89. The van der Waals surface area contributed by atoms with Crippen molar-refractivity contribution in [3.63, 3.8) is 0 Å². The van der Waals surface area contributed by atoms with E-state index in [1.165, 1.54) is 17.4 Å². The molecule has 0 radical (unpaired) electrons. The maximum atomic E-state index is 14.3. The Labute approximate surface area is 164 Å². The fraction of sp³-hybridized carbons (Fsp3) is 0.0526. The van der Waals surface area contributed by atoms with Crippen LogP contribution in [0.15, 0.2) is 62.7 Å². The lowest BCUT2D eigenvalue weighted by atomic mass is 10.0. The van der Waals surface area contributed by atoms with Crippen molar-refractivity contribution in [1.82, 2.24) is 9.97 Å². The van der Waals surface area contributed by atoms with Crippen LogP contribution in [0.1, 0.15) is 5.89 Å². The molecule has 0 unspecified atom stereocenters. The van der Waals surface area contributed by atoms with Crippen molar-refractivity contribution in [3.8, 4) is 33.8 Å². The standard InChI is InChI=1S/C19H14FN3O3S2/c1-11-23-18(13-4-2-12(3-5-13)16-9-27-10-22-16)19(26-11)14-6-7-17(15(20)8-14)28(21,24)25/h2-10H,1H3,(H2,21,24,25). The molecule has 0 saturated carbocycles. The smallest absolute Gasteiger partial charge is 0.240 e. The SMILES string of the molecule is Cc1nc(-c2ccc(-c3cscn3)cc2)c(-c2ccc(S(N)(=O)=O)c(F)c2)o1. The second-order valence-corrected chi connectivity index (χ2v) is 8.30. The zero-order chi connectivity index (χ0) is 19.9. The number of hydrogen-bond acceptors (Lipinski definition) is 6. The molecule has 0 saturated heterocycles. The number of rotatable bonds is 4. The van der Waals surface area contributed by atoms with Crippen molar-refractivity contribution in [2.45, 2.75) is 11.8 Å². The van der Waals surface area contributed by atoms with E-state index in [-0.39, 0.29) is 0 Å². The third-order valence-corrected chi connectivity index (χ3v) is 5.65. The highest BCUT2D eigenvalue weighted by Gasteiger charge is 2.20. The van der Waals surface area contributed by atoms with Crippen LogP contribution in [0.3, 0.4) is 0 Å². The summed E-state index contributed by atoms with van der Waals surface area (Å²) < 4.78 is 42.8. The predicted octanol–water partition coefficient (Wildman–Crippen LogP) is 4.23. The molecule has 0 bridgehead atoms. The van der Waals surface area contributed by atoms with E-state index in [1.807, 2.05) is 29.6 Å². The minimum Gasteiger partial charge on any atom is -0.440 e. The monoisotopic (exact) mass is 415 g/mol. The molecular weight excluding hydrogens is 401 g/mol. The van der Waals surface area contributed by atoms with E-state index in [9.17, 15) is 12.8 Å². The van der Waals surface area contributed by atoms with E-state index in [1.54, 1.807) is 12.4 Å². The Morgan fingerprint density at radius 3 is 2.36 bits per heavy atom. The number of thiazole rings is 1. The molecular formula is C19H14FN3O3S2. The van der Waals surface area contributed by atoms with Gasteiger partial charge in [0.15, 0.2) is 11.7 Å². The first-order valence-electron chi connectivity index (χ1n) is 8.12. The highest BCUT2D eigenvalue weighted by Crippen LogP contribution is 2.34. The Hall–Kier alpha value is -2.88. The van der Waals surface area contributed by atoms with Crippen LogP contribution >= 0.6 is 11.3 Å². The molecule has 0 aliphatic heterocycles. The second kappa shape index (κ2) is 6.93. The lowest BCUT2D eigenvalue weighted by Crippen LogP contribution is -2.13. The topological polar surface area (TPSA) is 99.1 Å². The summed E-state index contributed by atoms with van der Waals surface area (Å²) >= 11 is 1.52. The first-order valence-corrected chi connectivity index (χ1v) is 10.6. The number of halogens is 1. The minimum absolute atomic E-state index is 0.346. The third-order valence-electron chi connectivity index (χ3n) is 4.12. The zero-order valence-electron chi connectivity index (χ0n) is 14.6. The Kier molecular flexibility index (Phi) is 4.58. The normalized spacial score (nSPS) is 11.7. The number of sulfonamides is 1. The first-order chi connectivity index (χ1) is 13.3. The molecule has 0 atom stereocenters. The summed E-state index contributed by atoms with van der Waals surface area (Å²) in [5.74, 6) is -0.192. The van der Waals surface area contributed by atoms with Gasteiger partial charge in [-0.05, 0) is 18.2 Å². The van der Waals surface area contributed by atoms with Gasteiger partial charge in [0, 0.05) is 29.0 Å². The Bertz CT molecular complexity index is 1250. The predicted molar refractivity (Wildman–Crippen MR) is 105 cm³/mol. The van der Waals surface area contributed by atoms with E-state index in [0.717, 1.165) is 29.0 Å². The van der Waals surface area contributed by atoms with Crippen LogP contribution in [0, 0.1) is 12.7 Å². The van der Waals surface area contributed by atoms with Gasteiger partial charge in [0.2, 0.25) is 10.0 Å². The summed E-state index contributed by atoms with van der Waals surface area (Å²) in [7, 11) is -4.14. The molecule has 2 heterocycles. The Morgan fingerprint density at radius 1 is 1.07 bits per heavy atom. The number of primary sulfonamides is 1. The molecule has 2 N–H and O–H groups in total. The summed E-state index contributed by atoms with van der Waals surface area (Å²) in [5, 5.41) is 6.97. The van der Waals surface area contributed by atoms with Gasteiger partial charge in [-0.1, -0.05) is 24.3 Å². The molecule has 0 aliphatic rings. The van der Waals surface area contributed by atoms with Crippen LogP contribution in [0.2, 0.25) is 0 Å². The van der Waals surface area contributed by atoms with E-state index in [0.29, 0.717) is 22.9 Å². The molecule has 28 heavy (non-hydrogen) atoms. The summed E-state index contributed by atoms with van der Waals surface area (Å²) in [6.07, 6.45) is 0. The molecule has 2 aromatic heterocycles. The van der Waals surface area contributed by atoms with Gasteiger partial charge in [-0.15, -0.1) is 11.3 Å². The number of aryl methyl sites for hydroxylation is 1. The molecule has 4 aromatic rings. The van der Waals surface area contributed by atoms with Gasteiger partial charge in [0.25, 0.3) is 0 Å². The first kappa shape index (κ1) is 18.5. The van der Waals surface area contributed by atoms with Crippen LogP contribution < -0.4 is 5.14 Å². The average Bonchev–Trinajstić information content (AvgIpc) is 3.30. The molecule has 4 rings (SSSR count). The number of nitrogens with zero attached hydrogens (tertiary/aromatic N) is 2. The second-order valence-electron chi connectivity index (χ2n) is 6.05. The maximum Gasteiger partial charge on any atom is 0.240 e. The van der Waals surface area contributed by atoms with Crippen molar-refractivity contribution >= 4 is 21.4 Å². The van der Waals surface area contributed by atoms with E-state index in [2.05, 4.69) is 9.97 Å². The van der Waals surface area contributed by atoms with Gasteiger partial charge in [-0.2, -0.15) is 0 Å². The fourth-order valence-corrected chi connectivity index (χ4v) is 3.99. The van der Waals surface area contributed by atoms with E-state index < -0.39 is 20.7 Å². The van der Waals surface area contributed by atoms with Gasteiger partial charge in [-0.25, -0.2) is 27.9 Å². The van der Waals surface area contributed by atoms with Crippen molar-refractivity contribution in [1.29, 1.82) is 0 Å². The quantitative estimate of drug-likeness (QED) is 0.538. The van der Waals surface area contributed by atoms with Gasteiger partial charge in [0.05, 0.1) is 11.2 Å². The third kappa shape index (κ3) is 3.47. The van der Waals surface area contributed by atoms with Gasteiger partial charge in [0.1, 0.15) is 16.4 Å². The Morgan fingerprint density at radius 2 is 1.75 bits per heavy atom. The Balaban J connectivity index is 1.77. The largest absolute Gasteiger partial charge is 0.440 e. The number of hydrogen-bond donors (Lipinski definition) is 1. The lowest BCUT2D eigenvalue weighted by Gasteiger charge is -2.05. The van der Waals surface area contributed by atoms with Crippen molar-refractivity contribution in [3.05, 3.63) is 65.1 Å². The van der Waals surface area contributed by atoms with Gasteiger partial charge >= 0.3 is 0 Å². The van der Waals surface area contributed by atoms with Gasteiger partial charge in [-0.3, -0.25) is 0 Å². The summed E-state index contributed by atoms with van der Waals surface area (Å²) in [5.41, 5.74) is 5.29. The highest BCUT2D eigenvalue weighted by atomic mass is 32.2. The average molecular weight is 415 g/mol. The molecule has 0 amide bonds. The molecule has 0 fully saturated rings. The summed E-state index contributed by atoms with van der Waals surface area (Å²) in [4.78, 5) is 8.12. The number of benzene rings is 2. The van der Waals surface area contributed by atoms with Crippen molar-refractivity contribution in [2.24, 2.45) is 5.14 Å². The molecule has 6 nitrogen and oxygen atoms in total. The number of nitrogens with two attached hydrogens (primary N) is 1. The van der Waals surface area contributed by atoms with Crippen molar-refractivity contribution < 1.29 is 17.2 Å². The van der Waals surface area contributed by atoms with Crippen LogP contribution in [0.4, 0.5) is 4.39 Å². The molecule has 142 valence electrons. The molecule has 0 spiro atoms. The number of aromatic nitrogens is 2. The van der Waals surface area contributed by atoms with Crippen LogP contribution in [-0.2, 0) is 10.0 Å². The van der Waals surface area contributed by atoms with Crippen molar-refractivity contribution in [2.75, 3.05) is 0 Å². The summed E-state index contributed by atoms with van der Waals surface area (Å²) in [6, 6.07) is 11.2. The van der Waals surface area contributed by atoms with Gasteiger partial charge < -0.3 is 4.42 Å². The number of oxazole rings is 1. The summed E-state index contributed by atoms with van der Waals surface area (Å²) in [6.45, 7) is 1.69. The minimum atomic E-state index is -4.14. The van der Waals surface area contributed by atoms with Crippen LogP contribution in [-0.4, -0.2) is 18.4 Å². The fourth-order valence-electron chi connectivity index (χ4n) is 2.85. The van der Waals surface area contributed by atoms with Crippen LogP contribution in [0.25, 0.3) is 33.8 Å². The molecule has 0 aliphatic carbocycles. The zero-order valence-corrected chi connectivity index (χ0v) is 16.2. The van der Waals surface area contributed by atoms with Crippen LogP contribution in [0.5, 0.6) is 0 Å². The lowest BCUT2D eigenvalue weighted by molar-refractivity contribution is 0.532. The van der Waals surface area contributed by atoms with E-state index in [4.69, 9.17) is 9.56 Å². The molecule has 2 aromatic carbocycles.